The highest BCUT2D eigenvalue weighted by molar-refractivity contribution is 6.32. The Labute approximate surface area is 257 Å². The zero-order valence-electron chi connectivity index (χ0n) is 23.2. The molecule has 232 valence electrons. The number of Topliss-reactive ketones (excluding diaryl/α,β-unsaturated/α-hetero) is 1. The van der Waals surface area contributed by atoms with Crippen molar-refractivity contribution in [2.45, 2.75) is 57.8 Å². The normalized spacial score (nSPS) is 14.5. The highest BCUT2D eigenvalue weighted by atomic mass is 35.5. The number of hydrogen-bond acceptors (Lipinski definition) is 6. The lowest BCUT2D eigenvalue weighted by atomic mass is 9.95. The van der Waals surface area contributed by atoms with Crippen LogP contribution in [0.25, 0.3) is 5.82 Å². The minimum atomic E-state index is -5.86. The fraction of sp³-hybridized carbons (Fsp3) is 0.357. The second-order valence-electron chi connectivity index (χ2n) is 10.6. The number of aromatic nitrogens is 6. The van der Waals surface area contributed by atoms with Crippen LogP contribution in [0.3, 0.4) is 0 Å². The smallest absolute Gasteiger partial charge is 0.349 e. The van der Waals surface area contributed by atoms with Gasteiger partial charge in [-0.15, -0.1) is 5.10 Å². The van der Waals surface area contributed by atoms with Gasteiger partial charge in [0.2, 0.25) is 0 Å². The number of carbonyl (C=O) groups excluding carboxylic acids is 2. The van der Waals surface area contributed by atoms with Crippen molar-refractivity contribution in [3.8, 4) is 5.82 Å². The summed E-state index contributed by atoms with van der Waals surface area (Å²) in [6.07, 6.45) is -2.23. The first-order valence-electron chi connectivity index (χ1n) is 13.3. The topological polar surface area (TPSA) is 108 Å². The molecule has 0 radical (unpaired) electrons. The molecule has 9 nitrogen and oxygen atoms in total. The molecule has 0 bridgehead atoms. The van der Waals surface area contributed by atoms with Gasteiger partial charge in [0.1, 0.15) is 5.69 Å². The molecule has 1 aliphatic rings. The van der Waals surface area contributed by atoms with Crippen LogP contribution < -0.4 is 5.32 Å². The second-order valence-corrected chi connectivity index (χ2v) is 11.4. The summed E-state index contributed by atoms with van der Waals surface area (Å²) in [7, 11) is 0. The number of aryl methyl sites for hydroxylation is 1. The number of hydrogen-bond donors (Lipinski definition) is 1. The lowest BCUT2D eigenvalue weighted by Crippen LogP contribution is -2.35. The summed E-state index contributed by atoms with van der Waals surface area (Å²) >= 11 is 12.6. The molecule has 5 rings (SSSR count). The van der Waals surface area contributed by atoms with Crippen LogP contribution in [0.15, 0.2) is 42.7 Å². The maximum absolute atomic E-state index is 13.8. The lowest BCUT2D eigenvalue weighted by molar-refractivity contribution is -0.291. The number of alkyl halides is 5. The van der Waals surface area contributed by atoms with E-state index in [0.717, 1.165) is 22.2 Å². The molecule has 0 spiro atoms. The average molecular weight is 656 g/mol. The molecule has 1 fully saturated rings. The summed E-state index contributed by atoms with van der Waals surface area (Å²) in [5.41, 5.74) is -0.304. The monoisotopic (exact) mass is 655 g/mol. The van der Waals surface area contributed by atoms with Gasteiger partial charge in [0.05, 0.1) is 23.5 Å². The van der Waals surface area contributed by atoms with Crippen molar-refractivity contribution in [3.63, 3.8) is 0 Å². The van der Waals surface area contributed by atoms with Crippen molar-refractivity contribution >= 4 is 34.9 Å². The van der Waals surface area contributed by atoms with E-state index in [4.69, 9.17) is 23.2 Å². The van der Waals surface area contributed by atoms with Crippen molar-refractivity contribution in [1.82, 2.24) is 35.1 Å². The van der Waals surface area contributed by atoms with E-state index in [2.05, 4.69) is 25.7 Å². The molecule has 3 aromatic heterocycles. The van der Waals surface area contributed by atoms with Gasteiger partial charge < -0.3 is 5.32 Å². The van der Waals surface area contributed by atoms with Gasteiger partial charge in [-0.25, -0.2) is 14.3 Å². The van der Waals surface area contributed by atoms with E-state index >= 15 is 0 Å². The molecule has 44 heavy (non-hydrogen) atoms. The zero-order valence-corrected chi connectivity index (χ0v) is 24.7. The minimum Gasteiger partial charge on any atom is -0.349 e. The van der Waals surface area contributed by atoms with Crippen molar-refractivity contribution in [1.29, 1.82) is 0 Å². The molecular weight excluding hydrogens is 632 g/mol. The van der Waals surface area contributed by atoms with Gasteiger partial charge in [-0.05, 0) is 74.1 Å². The molecule has 1 saturated carbocycles. The van der Waals surface area contributed by atoms with E-state index in [9.17, 15) is 31.5 Å². The third-order valence-corrected chi connectivity index (χ3v) is 7.75. The van der Waals surface area contributed by atoms with E-state index in [0.29, 0.717) is 28.3 Å². The summed E-state index contributed by atoms with van der Waals surface area (Å²) in [5.74, 6) is -5.65. The maximum atomic E-state index is 13.8. The Morgan fingerprint density at radius 2 is 1.86 bits per heavy atom. The zero-order chi connectivity index (χ0) is 32.0. The van der Waals surface area contributed by atoms with Crippen LogP contribution in [-0.4, -0.2) is 53.7 Å². The standard InChI is InChI=1S/C28H24Cl2F5N7O2/c1-14-8-17(29)9-20(26(44)37-15(2)16-5-6-16)19(14)11-23(43)22-10-18(39-42(22)25-21(30)4-3-7-36-25)12-41-13-24(38-40-41)27(31,32)28(33,34)35/h3-4,7-10,13,15-16H,5-6,11-12H2,1-2H3,(H,37,44). The summed E-state index contributed by atoms with van der Waals surface area (Å²) in [6.45, 7) is 3.22. The van der Waals surface area contributed by atoms with Crippen molar-refractivity contribution in [2.24, 2.45) is 5.92 Å². The number of carbonyl (C=O) groups is 2. The molecule has 1 atom stereocenters. The second kappa shape index (κ2) is 11.9. The number of pyridine rings is 1. The number of benzene rings is 1. The Bertz CT molecular complexity index is 1730. The average Bonchev–Trinajstić information content (AvgIpc) is 3.55. The van der Waals surface area contributed by atoms with Crippen LogP contribution >= 0.6 is 23.2 Å². The van der Waals surface area contributed by atoms with Crippen LogP contribution in [0, 0.1) is 12.8 Å². The highest BCUT2D eigenvalue weighted by Crippen LogP contribution is 2.42. The third kappa shape index (κ3) is 6.46. The number of nitrogens with zero attached hydrogens (tertiary/aromatic N) is 6. The Morgan fingerprint density at radius 3 is 2.52 bits per heavy atom. The first kappa shape index (κ1) is 31.5. The SMILES string of the molecule is Cc1cc(Cl)cc(C(=O)NC(C)C2CC2)c1CC(=O)c1cc(Cn2cc(C(F)(F)C(F)(F)F)nn2)nn1-c1ncccc1Cl. The van der Waals surface area contributed by atoms with E-state index in [-0.39, 0.29) is 46.2 Å². The Balaban J connectivity index is 1.49. The van der Waals surface area contributed by atoms with Gasteiger partial charge in [-0.3, -0.25) is 9.59 Å². The lowest BCUT2D eigenvalue weighted by Gasteiger charge is -2.17. The van der Waals surface area contributed by atoms with Crippen molar-refractivity contribution < 1.29 is 31.5 Å². The minimum absolute atomic E-state index is 0.0337. The fourth-order valence-electron chi connectivity index (χ4n) is 4.69. The molecule has 1 aromatic carbocycles. The van der Waals surface area contributed by atoms with Gasteiger partial charge in [-0.2, -0.15) is 27.1 Å². The Hall–Kier alpha value is -3.91. The van der Waals surface area contributed by atoms with Gasteiger partial charge in [0.15, 0.2) is 17.3 Å². The summed E-state index contributed by atoms with van der Waals surface area (Å²) in [6, 6.07) is 7.44. The number of amides is 1. The van der Waals surface area contributed by atoms with Gasteiger partial charge >= 0.3 is 12.1 Å². The van der Waals surface area contributed by atoms with Gasteiger partial charge in [-0.1, -0.05) is 28.4 Å². The van der Waals surface area contributed by atoms with Crippen LogP contribution in [0.2, 0.25) is 10.0 Å². The number of ketones is 1. The van der Waals surface area contributed by atoms with E-state index in [1.807, 2.05) is 6.92 Å². The molecule has 1 unspecified atom stereocenters. The molecule has 4 aromatic rings. The molecular formula is C28H24Cl2F5N7O2. The van der Waals surface area contributed by atoms with Crippen LogP contribution in [0.5, 0.6) is 0 Å². The summed E-state index contributed by atoms with van der Waals surface area (Å²) in [5, 5.41) is 14.1. The van der Waals surface area contributed by atoms with E-state index < -0.39 is 30.1 Å². The first-order chi connectivity index (χ1) is 20.7. The predicted molar refractivity (Wildman–Crippen MR) is 149 cm³/mol. The molecule has 1 amide bonds. The molecule has 0 aliphatic heterocycles. The van der Waals surface area contributed by atoms with Crippen LogP contribution in [0.4, 0.5) is 22.0 Å². The van der Waals surface area contributed by atoms with E-state index in [1.54, 1.807) is 19.1 Å². The Kier molecular flexibility index (Phi) is 8.51. The maximum Gasteiger partial charge on any atom is 0.459 e. The molecule has 1 aliphatic carbocycles. The van der Waals surface area contributed by atoms with Crippen molar-refractivity contribution in [3.05, 3.63) is 86.5 Å². The fourth-order valence-corrected chi connectivity index (χ4v) is 5.17. The van der Waals surface area contributed by atoms with Crippen LogP contribution in [0.1, 0.15) is 63.1 Å². The van der Waals surface area contributed by atoms with Crippen LogP contribution in [-0.2, 0) is 18.9 Å². The third-order valence-electron chi connectivity index (χ3n) is 7.23. The number of nitrogens with one attached hydrogen (secondary N) is 1. The summed E-state index contributed by atoms with van der Waals surface area (Å²) in [4.78, 5) is 31.3. The number of rotatable bonds is 10. The molecule has 0 saturated heterocycles. The molecule has 3 heterocycles. The van der Waals surface area contributed by atoms with E-state index in [1.165, 1.54) is 24.4 Å². The first-order valence-corrected chi connectivity index (χ1v) is 14.1. The van der Waals surface area contributed by atoms with Crippen molar-refractivity contribution in [2.75, 3.05) is 0 Å². The largest absolute Gasteiger partial charge is 0.459 e. The van der Waals surface area contributed by atoms with Gasteiger partial charge in [0, 0.05) is 29.2 Å². The Morgan fingerprint density at radius 1 is 1.14 bits per heavy atom. The highest BCUT2D eigenvalue weighted by Gasteiger charge is 2.60. The number of halogens is 7. The molecule has 16 heteroatoms. The summed E-state index contributed by atoms with van der Waals surface area (Å²) < 4.78 is 67.8. The van der Waals surface area contributed by atoms with Gasteiger partial charge in [0.25, 0.3) is 5.91 Å². The quantitative estimate of drug-likeness (QED) is 0.163. The predicted octanol–water partition coefficient (Wildman–Crippen LogP) is 6.13. The molecule has 1 N–H and O–H groups in total.